The largest absolute Gasteiger partial charge is 0.353 e. The normalized spacial score (nSPS) is 10.5. The Labute approximate surface area is 129 Å². The van der Waals surface area contributed by atoms with Gasteiger partial charge >= 0.3 is 0 Å². The fraction of sp³-hybridized carbons (Fsp3) is 0.250. The number of carbonyl (C=O) groups excluding carboxylic acids is 1. The molecule has 1 aromatic heterocycles. The third-order valence-electron chi connectivity index (χ3n) is 2.57. The van der Waals surface area contributed by atoms with Crippen LogP contribution in [0.25, 0.3) is 0 Å². The number of hydrazine groups is 1. The molecule has 1 heterocycles. The van der Waals surface area contributed by atoms with E-state index in [4.69, 9.17) is 5.84 Å². The highest BCUT2D eigenvalue weighted by molar-refractivity contribution is 8.00. The maximum Gasteiger partial charge on any atom is 0.265 e. The second-order valence-corrected chi connectivity index (χ2v) is 6.49. The molecular weight excluding hydrogens is 313 g/mol. The van der Waals surface area contributed by atoms with E-state index in [1.165, 1.54) is 41.3 Å². The first-order chi connectivity index (χ1) is 10.0. The number of benzene rings is 1. The molecule has 0 aliphatic heterocycles. The number of hydrogen-bond donors (Lipinski definition) is 2. The van der Waals surface area contributed by atoms with Crippen LogP contribution >= 0.6 is 23.1 Å². The molecule has 0 saturated heterocycles. The van der Waals surface area contributed by atoms with E-state index in [0.29, 0.717) is 16.9 Å². The monoisotopic (exact) mass is 327 g/mol. The van der Waals surface area contributed by atoms with Crippen molar-refractivity contribution in [1.29, 1.82) is 0 Å². The van der Waals surface area contributed by atoms with Gasteiger partial charge in [-0.25, -0.2) is 10.2 Å². The van der Waals surface area contributed by atoms with Crippen LogP contribution in [-0.2, 0) is 5.75 Å². The van der Waals surface area contributed by atoms with Gasteiger partial charge < -0.3 is 4.90 Å². The number of nitrogens with zero attached hydrogens (tertiary/aromatic N) is 3. The van der Waals surface area contributed by atoms with Crippen LogP contribution in [0.3, 0.4) is 0 Å². The first-order valence-electron chi connectivity index (χ1n) is 5.94. The first-order valence-corrected chi connectivity index (χ1v) is 7.74. The van der Waals surface area contributed by atoms with E-state index < -0.39 is 5.91 Å². The molecule has 0 fully saturated rings. The van der Waals surface area contributed by atoms with Crippen molar-refractivity contribution < 1.29 is 9.18 Å². The Morgan fingerprint density at radius 2 is 2.24 bits per heavy atom. The lowest BCUT2D eigenvalue weighted by Crippen LogP contribution is -2.30. The maximum atomic E-state index is 13.8. The van der Waals surface area contributed by atoms with Crippen molar-refractivity contribution in [3.8, 4) is 0 Å². The van der Waals surface area contributed by atoms with Crippen LogP contribution in [0.1, 0.15) is 15.9 Å². The molecule has 0 radical (unpaired) electrons. The highest BCUT2D eigenvalue weighted by Crippen LogP contribution is 2.30. The number of thioether (sulfide) groups is 1. The van der Waals surface area contributed by atoms with Crippen LogP contribution in [0.2, 0.25) is 0 Å². The molecule has 0 unspecified atom stereocenters. The Balaban J connectivity index is 2.09. The van der Waals surface area contributed by atoms with Crippen LogP contribution < -0.4 is 16.2 Å². The van der Waals surface area contributed by atoms with E-state index in [1.54, 1.807) is 0 Å². The Morgan fingerprint density at radius 3 is 2.86 bits per heavy atom. The van der Waals surface area contributed by atoms with Crippen LogP contribution in [0.4, 0.5) is 9.52 Å². The van der Waals surface area contributed by atoms with Crippen molar-refractivity contribution in [2.24, 2.45) is 5.84 Å². The number of anilines is 1. The van der Waals surface area contributed by atoms with E-state index in [0.717, 1.165) is 9.47 Å². The van der Waals surface area contributed by atoms with E-state index >= 15 is 0 Å². The molecule has 3 N–H and O–H groups in total. The van der Waals surface area contributed by atoms with Gasteiger partial charge in [0.15, 0.2) is 4.34 Å². The molecule has 6 nitrogen and oxygen atoms in total. The standard InChI is InChI=1S/C12H14FN5OS2/c1-18(2)11-16-17-12(21-11)20-6-8-5-7(10(19)15-14)3-4-9(8)13/h3-5H,6,14H2,1-2H3,(H,15,19). The third-order valence-corrected chi connectivity index (χ3v) is 4.84. The van der Waals surface area contributed by atoms with Crippen LogP contribution in [-0.4, -0.2) is 30.2 Å². The van der Waals surface area contributed by atoms with Gasteiger partial charge in [0.05, 0.1) is 0 Å². The molecule has 21 heavy (non-hydrogen) atoms. The van der Waals surface area contributed by atoms with Gasteiger partial charge in [-0.2, -0.15) is 0 Å². The van der Waals surface area contributed by atoms with Gasteiger partial charge in [-0.15, -0.1) is 10.2 Å². The third kappa shape index (κ3) is 3.90. The van der Waals surface area contributed by atoms with Crippen molar-refractivity contribution in [2.75, 3.05) is 19.0 Å². The lowest BCUT2D eigenvalue weighted by Gasteiger charge is -2.05. The summed E-state index contributed by atoms with van der Waals surface area (Å²) in [4.78, 5) is 13.3. The number of halogens is 1. The topological polar surface area (TPSA) is 84.1 Å². The molecular formula is C12H14FN5OS2. The van der Waals surface area contributed by atoms with Crippen molar-refractivity contribution in [3.05, 3.63) is 35.1 Å². The molecule has 112 valence electrons. The molecule has 1 amide bonds. The number of rotatable bonds is 5. The summed E-state index contributed by atoms with van der Waals surface area (Å²) in [5.74, 6) is 4.61. The highest BCUT2D eigenvalue weighted by atomic mass is 32.2. The summed E-state index contributed by atoms with van der Waals surface area (Å²) in [6.07, 6.45) is 0. The molecule has 1 aromatic carbocycles. The first kappa shape index (κ1) is 15.7. The van der Waals surface area contributed by atoms with E-state index in [2.05, 4.69) is 10.2 Å². The second-order valence-electron chi connectivity index (χ2n) is 4.31. The summed E-state index contributed by atoms with van der Waals surface area (Å²) in [7, 11) is 3.76. The van der Waals surface area contributed by atoms with Gasteiger partial charge in [0.1, 0.15) is 5.82 Å². The Morgan fingerprint density at radius 1 is 1.48 bits per heavy atom. The lowest BCUT2D eigenvalue weighted by atomic mass is 10.1. The Bertz CT molecular complexity index is 646. The molecule has 0 atom stereocenters. The van der Waals surface area contributed by atoms with Gasteiger partial charge in [-0.3, -0.25) is 10.2 Å². The molecule has 0 bridgehead atoms. The predicted molar refractivity (Wildman–Crippen MR) is 81.9 cm³/mol. The number of nitrogen functional groups attached to an aromatic ring is 1. The van der Waals surface area contributed by atoms with Gasteiger partial charge in [0.2, 0.25) is 5.13 Å². The predicted octanol–water partition coefficient (Wildman–Crippen LogP) is 1.64. The molecule has 0 aliphatic rings. The smallest absolute Gasteiger partial charge is 0.265 e. The number of nitrogens with one attached hydrogen (secondary N) is 1. The van der Waals surface area contributed by atoms with Gasteiger partial charge in [0, 0.05) is 25.4 Å². The minimum Gasteiger partial charge on any atom is -0.353 e. The molecule has 2 aromatic rings. The average Bonchev–Trinajstić information content (AvgIpc) is 2.94. The summed E-state index contributed by atoms with van der Waals surface area (Å²) in [6.45, 7) is 0. The number of nitrogens with two attached hydrogens (primary N) is 1. The lowest BCUT2D eigenvalue weighted by molar-refractivity contribution is 0.0953. The van der Waals surface area contributed by atoms with Crippen molar-refractivity contribution in [1.82, 2.24) is 15.6 Å². The second kappa shape index (κ2) is 6.83. The van der Waals surface area contributed by atoms with E-state index in [-0.39, 0.29) is 5.82 Å². The number of amides is 1. The fourth-order valence-corrected chi connectivity index (χ4v) is 3.23. The number of aromatic nitrogens is 2. The fourth-order valence-electron chi connectivity index (χ4n) is 1.49. The Hall–Kier alpha value is -1.71. The van der Waals surface area contributed by atoms with Gasteiger partial charge in [-0.05, 0) is 23.8 Å². The number of hydrogen-bond acceptors (Lipinski definition) is 7. The quantitative estimate of drug-likeness (QED) is 0.376. The van der Waals surface area contributed by atoms with Crippen LogP contribution in [0.5, 0.6) is 0 Å². The molecule has 0 aliphatic carbocycles. The van der Waals surface area contributed by atoms with Crippen molar-refractivity contribution in [2.45, 2.75) is 10.1 Å². The zero-order valence-corrected chi connectivity index (χ0v) is 13.1. The van der Waals surface area contributed by atoms with Gasteiger partial charge in [-0.1, -0.05) is 23.1 Å². The van der Waals surface area contributed by atoms with Crippen LogP contribution in [0.15, 0.2) is 22.5 Å². The summed E-state index contributed by atoms with van der Waals surface area (Å²) in [6, 6.07) is 4.13. The molecule has 2 rings (SSSR count). The minimum atomic E-state index is -0.452. The number of carbonyl (C=O) groups is 1. The van der Waals surface area contributed by atoms with E-state index in [9.17, 15) is 9.18 Å². The van der Waals surface area contributed by atoms with Crippen LogP contribution in [0, 0.1) is 5.82 Å². The summed E-state index contributed by atoms with van der Waals surface area (Å²) in [5.41, 5.74) is 2.76. The maximum absolute atomic E-state index is 13.8. The molecule has 0 saturated carbocycles. The molecule has 9 heteroatoms. The Kier molecular flexibility index (Phi) is 5.10. The van der Waals surface area contributed by atoms with Crippen molar-refractivity contribution >= 4 is 34.1 Å². The van der Waals surface area contributed by atoms with Crippen molar-refractivity contribution in [3.63, 3.8) is 0 Å². The summed E-state index contributed by atoms with van der Waals surface area (Å²) >= 11 is 2.80. The van der Waals surface area contributed by atoms with E-state index in [1.807, 2.05) is 24.4 Å². The highest BCUT2D eigenvalue weighted by Gasteiger charge is 2.11. The zero-order valence-electron chi connectivity index (χ0n) is 11.5. The summed E-state index contributed by atoms with van der Waals surface area (Å²) < 4.78 is 14.5. The summed E-state index contributed by atoms with van der Waals surface area (Å²) in [5, 5.41) is 8.82. The average molecular weight is 327 g/mol. The molecule has 0 spiro atoms. The minimum absolute atomic E-state index is 0.320. The zero-order chi connectivity index (χ0) is 15.4. The SMILES string of the molecule is CN(C)c1nnc(SCc2cc(C(=O)NN)ccc2F)s1. The van der Waals surface area contributed by atoms with Gasteiger partial charge in [0.25, 0.3) is 5.91 Å².